The second kappa shape index (κ2) is 4.93. The third-order valence-electron chi connectivity index (χ3n) is 3.78. The molecule has 3 rings (SSSR count). The first-order valence-electron chi connectivity index (χ1n) is 6.80. The second-order valence-electron chi connectivity index (χ2n) is 5.31. The number of fused-ring (bicyclic) bond motifs is 1. The molecule has 1 aliphatic rings. The van der Waals surface area contributed by atoms with E-state index < -0.39 is 0 Å². The molecule has 0 saturated carbocycles. The molecule has 0 atom stereocenters. The van der Waals surface area contributed by atoms with E-state index >= 15 is 0 Å². The number of nitrogens with zero attached hydrogens (tertiary/aromatic N) is 1. The highest BCUT2D eigenvalue weighted by molar-refractivity contribution is 5.85. The van der Waals surface area contributed by atoms with Gasteiger partial charge in [-0.25, -0.2) is 0 Å². The second-order valence-corrected chi connectivity index (χ2v) is 5.31. The van der Waals surface area contributed by atoms with Gasteiger partial charge in [0.25, 0.3) is 0 Å². The number of hydrogen-bond donors (Lipinski definition) is 0. The van der Waals surface area contributed by atoms with Crippen molar-refractivity contribution >= 4 is 17.3 Å². The van der Waals surface area contributed by atoms with Gasteiger partial charge in [-0.1, -0.05) is 42.5 Å². The summed E-state index contributed by atoms with van der Waals surface area (Å²) in [5.74, 6) is 0. The molecule has 0 N–H and O–H groups in total. The van der Waals surface area contributed by atoms with Crippen molar-refractivity contribution in [1.29, 1.82) is 0 Å². The van der Waals surface area contributed by atoms with E-state index in [1.807, 2.05) is 0 Å². The molecule has 2 aromatic rings. The van der Waals surface area contributed by atoms with Crippen LogP contribution < -0.4 is 4.90 Å². The van der Waals surface area contributed by atoms with Crippen molar-refractivity contribution in [2.75, 3.05) is 19.0 Å². The smallest absolute Gasteiger partial charge is 0.0361 e. The van der Waals surface area contributed by atoms with Crippen LogP contribution in [0.15, 0.2) is 48.5 Å². The molecule has 96 valence electrons. The van der Waals surface area contributed by atoms with Gasteiger partial charge in [-0.3, -0.25) is 0 Å². The minimum absolute atomic E-state index is 1.16. The van der Waals surface area contributed by atoms with Gasteiger partial charge in [0.2, 0.25) is 0 Å². The third-order valence-corrected chi connectivity index (χ3v) is 3.78. The Hall–Kier alpha value is -2.02. The zero-order valence-corrected chi connectivity index (χ0v) is 11.6. The van der Waals surface area contributed by atoms with Crippen LogP contribution in [0.25, 0.3) is 11.6 Å². The highest BCUT2D eigenvalue weighted by atomic mass is 15.1. The molecule has 0 unspecified atom stereocenters. The van der Waals surface area contributed by atoms with Crippen molar-refractivity contribution in [1.82, 2.24) is 0 Å². The summed E-state index contributed by atoms with van der Waals surface area (Å²) in [6.45, 7) is 0. The van der Waals surface area contributed by atoms with Gasteiger partial charge in [0, 0.05) is 19.8 Å². The molecule has 0 aromatic heterocycles. The Morgan fingerprint density at radius 2 is 1.63 bits per heavy atom. The fourth-order valence-corrected chi connectivity index (χ4v) is 2.68. The number of aryl methyl sites for hydroxylation is 1. The molecule has 0 amide bonds. The summed E-state index contributed by atoms with van der Waals surface area (Å²) >= 11 is 0. The molecular weight excluding hydrogens is 230 g/mol. The summed E-state index contributed by atoms with van der Waals surface area (Å²) in [5, 5.41) is 0. The van der Waals surface area contributed by atoms with Crippen molar-refractivity contribution in [3.63, 3.8) is 0 Å². The number of anilines is 1. The predicted octanol–water partition coefficient (Wildman–Crippen LogP) is 4.24. The summed E-state index contributed by atoms with van der Waals surface area (Å²) in [7, 11) is 4.14. The molecule has 1 nitrogen and oxygen atoms in total. The topological polar surface area (TPSA) is 3.24 Å². The average molecular weight is 249 g/mol. The van der Waals surface area contributed by atoms with Crippen molar-refractivity contribution in [3.05, 3.63) is 65.2 Å². The van der Waals surface area contributed by atoms with Gasteiger partial charge in [-0.05, 0) is 47.2 Å². The summed E-state index contributed by atoms with van der Waals surface area (Å²) in [6, 6.07) is 17.5. The van der Waals surface area contributed by atoms with Gasteiger partial charge >= 0.3 is 0 Å². The van der Waals surface area contributed by atoms with E-state index in [-0.39, 0.29) is 0 Å². The lowest BCUT2D eigenvalue weighted by atomic mass is 10.0. The van der Waals surface area contributed by atoms with Crippen molar-refractivity contribution in [2.24, 2.45) is 0 Å². The van der Waals surface area contributed by atoms with Crippen LogP contribution in [-0.2, 0) is 6.42 Å². The molecule has 1 aliphatic carbocycles. The van der Waals surface area contributed by atoms with Gasteiger partial charge in [0.1, 0.15) is 0 Å². The van der Waals surface area contributed by atoms with Gasteiger partial charge in [0.15, 0.2) is 0 Å². The first kappa shape index (κ1) is 12.0. The van der Waals surface area contributed by atoms with Crippen LogP contribution in [0, 0.1) is 0 Å². The Balaban J connectivity index is 1.91. The van der Waals surface area contributed by atoms with Crippen LogP contribution in [-0.4, -0.2) is 14.1 Å². The van der Waals surface area contributed by atoms with Crippen LogP contribution >= 0.6 is 0 Å². The number of allylic oxidation sites excluding steroid dienone is 1. The zero-order valence-electron chi connectivity index (χ0n) is 11.6. The van der Waals surface area contributed by atoms with E-state index in [0.717, 1.165) is 6.42 Å². The summed E-state index contributed by atoms with van der Waals surface area (Å²) in [4.78, 5) is 2.13. The number of hydrogen-bond acceptors (Lipinski definition) is 1. The van der Waals surface area contributed by atoms with Crippen molar-refractivity contribution in [3.8, 4) is 0 Å². The van der Waals surface area contributed by atoms with Crippen molar-refractivity contribution < 1.29 is 0 Å². The van der Waals surface area contributed by atoms with Gasteiger partial charge in [-0.2, -0.15) is 0 Å². The largest absolute Gasteiger partial charge is 0.378 e. The molecule has 0 heterocycles. The molecule has 0 aliphatic heterocycles. The lowest BCUT2D eigenvalue weighted by Gasteiger charge is -2.12. The Kier molecular flexibility index (Phi) is 3.12. The molecule has 0 saturated heterocycles. The Bertz CT molecular complexity index is 606. The van der Waals surface area contributed by atoms with E-state index in [4.69, 9.17) is 0 Å². The normalized spacial score (nSPS) is 15.6. The average Bonchev–Trinajstić information content (AvgIpc) is 2.83. The minimum atomic E-state index is 1.16. The monoisotopic (exact) mass is 249 g/mol. The Morgan fingerprint density at radius 3 is 2.37 bits per heavy atom. The molecule has 0 fully saturated rings. The maximum Gasteiger partial charge on any atom is 0.0361 e. The summed E-state index contributed by atoms with van der Waals surface area (Å²) in [5.41, 5.74) is 6.91. The molecule has 0 radical (unpaired) electrons. The van der Waals surface area contributed by atoms with Gasteiger partial charge in [0.05, 0.1) is 0 Å². The van der Waals surface area contributed by atoms with E-state index in [1.54, 1.807) is 0 Å². The fourth-order valence-electron chi connectivity index (χ4n) is 2.68. The Labute approximate surface area is 115 Å². The lowest BCUT2D eigenvalue weighted by Crippen LogP contribution is -2.07. The molecular formula is C18H19N. The van der Waals surface area contributed by atoms with E-state index in [1.165, 1.54) is 34.4 Å². The van der Waals surface area contributed by atoms with Crippen LogP contribution in [0.2, 0.25) is 0 Å². The first-order valence-corrected chi connectivity index (χ1v) is 6.80. The van der Waals surface area contributed by atoms with Gasteiger partial charge in [-0.15, -0.1) is 0 Å². The Morgan fingerprint density at radius 1 is 0.895 bits per heavy atom. The van der Waals surface area contributed by atoms with E-state index in [2.05, 4.69) is 73.6 Å². The van der Waals surface area contributed by atoms with E-state index in [0.29, 0.717) is 0 Å². The summed E-state index contributed by atoms with van der Waals surface area (Å²) in [6.07, 6.45) is 4.66. The highest BCUT2D eigenvalue weighted by Gasteiger charge is 2.14. The maximum atomic E-state index is 2.32. The SMILES string of the molecule is CN(C)c1ccc(/C=C2/CCc3ccccc32)cc1. The van der Waals surface area contributed by atoms with Crippen LogP contribution in [0.4, 0.5) is 5.69 Å². The molecule has 0 bridgehead atoms. The van der Waals surface area contributed by atoms with Crippen molar-refractivity contribution in [2.45, 2.75) is 12.8 Å². The molecule has 2 aromatic carbocycles. The molecule has 19 heavy (non-hydrogen) atoms. The maximum absolute atomic E-state index is 2.32. The quantitative estimate of drug-likeness (QED) is 0.769. The lowest BCUT2D eigenvalue weighted by molar-refractivity contribution is 1.08. The highest BCUT2D eigenvalue weighted by Crippen LogP contribution is 2.33. The zero-order chi connectivity index (χ0) is 13.2. The predicted molar refractivity (Wildman–Crippen MR) is 83.4 cm³/mol. The van der Waals surface area contributed by atoms with E-state index in [9.17, 15) is 0 Å². The molecule has 1 heteroatoms. The number of benzene rings is 2. The minimum Gasteiger partial charge on any atom is -0.378 e. The number of rotatable bonds is 2. The van der Waals surface area contributed by atoms with Crippen LogP contribution in [0.5, 0.6) is 0 Å². The molecule has 0 spiro atoms. The third kappa shape index (κ3) is 2.41. The fraction of sp³-hybridized carbons (Fsp3) is 0.222. The first-order chi connectivity index (χ1) is 9.24. The van der Waals surface area contributed by atoms with Crippen LogP contribution in [0.1, 0.15) is 23.1 Å². The van der Waals surface area contributed by atoms with Crippen LogP contribution in [0.3, 0.4) is 0 Å². The van der Waals surface area contributed by atoms with Gasteiger partial charge < -0.3 is 4.90 Å². The summed E-state index contributed by atoms with van der Waals surface area (Å²) < 4.78 is 0. The standard InChI is InChI=1S/C18H19N/c1-19(2)17-11-7-14(8-12-17)13-16-10-9-15-5-3-4-6-18(15)16/h3-8,11-13H,9-10H2,1-2H3/b16-13-.